The fourth-order valence-corrected chi connectivity index (χ4v) is 2.28. The van der Waals surface area contributed by atoms with Crippen molar-refractivity contribution >= 4 is 29.3 Å². The predicted octanol–water partition coefficient (Wildman–Crippen LogP) is 1.50. The minimum atomic E-state index is -1.01. The minimum absolute atomic E-state index is 0.239. The van der Waals surface area contributed by atoms with Crippen LogP contribution in [0.1, 0.15) is 23.7 Å². The van der Waals surface area contributed by atoms with Crippen molar-refractivity contribution in [1.82, 2.24) is 10.2 Å². The third-order valence-electron chi connectivity index (χ3n) is 3.14. The Balaban J connectivity index is 2.40. The lowest BCUT2D eigenvalue weighted by Gasteiger charge is -2.33. The molecule has 8 heteroatoms. The van der Waals surface area contributed by atoms with E-state index in [2.05, 4.69) is 5.32 Å². The Morgan fingerprint density at radius 3 is 2.67 bits per heavy atom. The molecule has 1 saturated heterocycles. The van der Waals surface area contributed by atoms with E-state index in [4.69, 9.17) is 11.6 Å². The molecule has 21 heavy (non-hydrogen) atoms. The Hall–Kier alpha value is -2.02. The van der Waals surface area contributed by atoms with Crippen LogP contribution >= 0.6 is 11.6 Å². The van der Waals surface area contributed by atoms with Crippen LogP contribution in [0, 0.1) is 11.6 Å². The minimum Gasteiger partial charge on any atom is -0.317 e. The van der Waals surface area contributed by atoms with Crippen molar-refractivity contribution in [3.8, 4) is 0 Å². The molecule has 112 valence electrons. The maximum Gasteiger partial charge on any atom is 0.258 e. The zero-order valence-corrected chi connectivity index (χ0v) is 11.7. The smallest absolute Gasteiger partial charge is 0.258 e. The molecule has 0 spiro atoms. The van der Waals surface area contributed by atoms with Gasteiger partial charge in [0.1, 0.15) is 24.2 Å². The van der Waals surface area contributed by atoms with Gasteiger partial charge in [0.25, 0.3) is 5.91 Å². The highest BCUT2D eigenvalue weighted by molar-refractivity contribution is 6.30. The number of nitrogens with one attached hydrogen (secondary N) is 1. The summed E-state index contributed by atoms with van der Waals surface area (Å²) in [5.41, 5.74) is -0.571. The number of halogens is 3. The monoisotopic (exact) mass is 316 g/mol. The van der Waals surface area contributed by atoms with Crippen LogP contribution in [0.4, 0.5) is 8.78 Å². The standard InChI is InChI=1S/C13H11ClF2N2O3/c1-2-10-12(20)17-11(19)5-18(10)13(21)6-3-9(16)7(14)4-8(6)15/h3-4,10H,2,5H2,1H3,(H,17,19,20). The summed E-state index contributed by atoms with van der Waals surface area (Å²) in [6, 6.07) is 0.425. The van der Waals surface area contributed by atoms with Crippen molar-refractivity contribution in [3.05, 3.63) is 34.4 Å². The van der Waals surface area contributed by atoms with Gasteiger partial charge in [-0.15, -0.1) is 0 Å². The first-order valence-electron chi connectivity index (χ1n) is 6.14. The summed E-state index contributed by atoms with van der Waals surface area (Å²) >= 11 is 5.42. The van der Waals surface area contributed by atoms with E-state index in [1.807, 2.05) is 0 Å². The lowest BCUT2D eigenvalue weighted by molar-refractivity contribution is -0.138. The van der Waals surface area contributed by atoms with Gasteiger partial charge in [0, 0.05) is 0 Å². The van der Waals surface area contributed by atoms with Gasteiger partial charge in [-0.1, -0.05) is 18.5 Å². The molecule has 5 nitrogen and oxygen atoms in total. The van der Waals surface area contributed by atoms with Gasteiger partial charge >= 0.3 is 0 Å². The van der Waals surface area contributed by atoms with E-state index < -0.39 is 52.5 Å². The molecule has 0 bridgehead atoms. The summed E-state index contributed by atoms with van der Waals surface area (Å²) in [4.78, 5) is 36.3. The van der Waals surface area contributed by atoms with Crippen LogP contribution in [0.5, 0.6) is 0 Å². The van der Waals surface area contributed by atoms with Gasteiger partial charge in [-0.25, -0.2) is 8.78 Å². The van der Waals surface area contributed by atoms with E-state index in [9.17, 15) is 23.2 Å². The highest BCUT2D eigenvalue weighted by Gasteiger charge is 2.36. The fraction of sp³-hybridized carbons (Fsp3) is 0.308. The van der Waals surface area contributed by atoms with Crippen molar-refractivity contribution in [2.75, 3.05) is 6.54 Å². The predicted molar refractivity (Wildman–Crippen MR) is 69.6 cm³/mol. The van der Waals surface area contributed by atoms with Crippen molar-refractivity contribution < 1.29 is 23.2 Å². The van der Waals surface area contributed by atoms with E-state index in [-0.39, 0.29) is 6.42 Å². The second-order valence-corrected chi connectivity index (χ2v) is 4.92. The number of imide groups is 1. The number of carbonyl (C=O) groups is 3. The number of rotatable bonds is 2. The molecule has 0 saturated carbocycles. The molecule has 0 aliphatic carbocycles. The van der Waals surface area contributed by atoms with E-state index in [0.29, 0.717) is 12.1 Å². The van der Waals surface area contributed by atoms with Crippen LogP contribution in [0.25, 0.3) is 0 Å². The molecule has 1 unspecified atom stereocenters. The summed E-state index contributed by atoms with van der Waals surface area (Å²) in [6.45, 7) is 1.24. The molecule has 1 aromatic carbocycles. The van der Waals surface area contributed by atoms with Crippen molar-refractivity contribution in [2.24, 2.45) is 0 Å². The molecular formula is C13H11ClF2N2O3. The van der Waals surface area contributed by atoms with Crippen LogP contribution in [0.15, 0.2) is 12.1 Å². The summed E-state index contributed by atoms with van der Waals surface area (Å²) in [5, 5.41) is 1.64. The number of hydrogen-bond acceptors (Lipinski definition) is 3. The molecule has 1 aliphatic rings. The van der Waals surface area contributed by atoms with Crippen LogP contribution < -0.4 is 5.32 Å². The Morgan fingerprint density at radius 2 is 2.05 bits per heavy atom. The maximum absolute atomic E-state index is 13.8. The number of hydrogen-bond donors (Lipinski definition) is 1. The van der Waals surface area contributed by atoms with E-state index in [1.54, 1.807) is 6.92 Å². The largest absolute Gasteiger partial charge is 0.317 e. The van der Waals surface area contributed by atoms with Gasteiger partial charge in [0.15, 0.2) is 0 Å². The molecule has 1 N–H and O–H groups in total. The number of benzene rings is 1. The summed E-state index contributed by atoms with van der Waals surface area (Å²) in [6.07, 6.45) is 0.239. The summed E-state index contributed by atoms with van der Waals surface area (Å²) < 4.78 is 27.2. The van der Waals surface area contributed by atoms with Crippen molar-refractivity contribution in [2.45, 2.75) is 19.4 Å². The normalized spacial score (nSPS) is 18.7. The third-order valence-corrected chi connectivity index (χ3v) is 3.43. The van der Waals surface area contributed by atoms with E-state index in [1.165, 1.54) is 0 Å². The zero-order valence-electron chi connectivity index (χ0n) is 11.0. The van der Waals surface area contributed by atoms with Gasteiger partial charge in [0.05, 0.1) is 10.6 Å². The molecule has 1 aromatic rings. The molecule has 3 amide bonds. The molecule has 2 rings (SSSR count). The first-order chi connectivity index (χ1) is 9.85. The Bertz CT molecular complexity index is 636. The number of carbonyl (C=O) groups excluding carboxylic acids is 3. The quantitative estimate of drug-likeness (QED) is 0.664. The van der Waals surface area contributed by atoms with E-state index >= 15 is 0 Å². The average Bonchev–Trinajstić information content (AvgIpc) is 2.41. The third kappa shape index (κ3) is 2.87. The van der Waals surface area contributed by atoms with Gasteiger partial charge in [-0.2, -0.15) is 0 Å². The number of amides is 3. The average molecular weight is 317 g/mol. The molecule has 0 aromatic heterocycles. The first-order valence-corrected chi connectivity index (χ1v) is 6.52. The van der Waals surface area contributed by atoms with Gasteiger partial charge < -0.3 is 4.90 Å². The highest BCUT2D eigenvalue weighted by atomic mass is 35.5. The van der Waals surface area contributed by atoms with Crippen molar-refractivity contribution in [1.29, 1.82) is 0 Å². The second-order valence-electron chi connectivity index (χ2n) is 4.52. The topological polar surface area (TPSA) is 66.5 Å². The first kappa shape index (κ1) is 15.4. The molecule has 1 atom stereocenters. The van der Waals surface area contributed by atoms with Crippen LogP contribution in [0.2, 0.25) is 5.02 Å². The Labute approximate surface area is 123 Å². The van der Waals surface area contributed by atoms with Crippen LogP contribution in [0.3, 0.4) is 0 Å². The van der Waals surface area contributed by atoms with E-state index in [0.717, 1.165) is 4.90 Å². The SMILES string of the molecule is CCC1C(=O)NC(=O)CN1C(=O)c1cc(F)c(Cl)cc1F. The molecule has 1 aliphatic heterocycles. The van der Waals surface area contributed by atoms with Crippen LogP contribution in [-0.4, -0.2) is 35.2 Å². The lowest BCUT2D eigenvalue weighted by Crippen LogP contribution is -2.59. The fourth-order valence-electron chi connectivity index (χ4n) is 2.13. The molecule has 1 heterocycles. The summed E-state index contributed by atoms with van der Waals surface area (Å²) in [7, 11) is 0. The van der Waals surface area contributed by atoms with Gasteiger partial charge in [-0.3, -0.25) is 19.7 Å². The van der Waals surface area contributed by atoms with Gasteiger partial charge in [0.2, 0.25) is 11.8 Å². The highest BCUT2D eigenvalue weighted by Crippen LogP contribution is 2.22. The maximum atomic E-state index is 13.8. The zero-order chi connectivity index (χ0) is 15.7. The van der Waals surface area contributed by atoms with Crippen LogP contribution in [-0.2, 0) is 9.59 Å². The summed E-state index contributed by atoms with van der Waals surface area (Å²) in [5.74, 6) is -4.22. The Kier molecular flexibility index (Phi) is 4.22. The number of nitrogens with zero attached hydrogens (tertiary/aromatic N) is 1. The molecule has 0 radical (unpaired) electrons. The molecular weight excluding hydrogens is 306 g/mol. The second kappa shape index (κ2) is 5.77. The molecule has 1 fully saturated rings. The van der Waals surface area contributed by atoms with Crippen molar-refractivity contribution in [3.63, 3.8) is 0 Å². The Morgan fingerprint density at radius 1 is 1.38 bits per heavy atom. The lowest BCUT2D eigenvalue weighted by atomic mass is 10.1. The van der Waals surface area contributed by atoms with Gasteiger partial charge in [-0.05, 0) is 18.6 Å². The number of piperazine rings is 1.